The first-order valence-electron chi connectivity index (χ1n) is 5.93. The fourth-order valence-corrected chi connectivity index (χ4v) is 1.76. The average Bonchev–Trinajstić information content (AvgIpc) is 3.01. The Morgan fingerprint density at radius 2 is 2.11 bits per heavy atom. The molecule has 0 radical (unpaired) electrons. The van der Waals surface area contributed by atoms with Crippen molar-refractivity contribution in [2.24, 2.45) is 0 Å². The van der Waals surface area contributed by atoms with E-state index in [4.69, 9.17) is 4.52 Å². The van der Waals surface area contributed by atoms with Crippen molar-refractivity contribution in [1.82, 2.24) is 19.7 Å². The summed E-state index contributed by atoms with van der Waals surface area (Å²) in [5.41, 5.74) is 0.983. The molecule has 0 aliphatic heterocycles. The molecule has 0 saturated heterocycles. The van der Waals surface area contributed by atoms with Gasteiger partial charge in [0.05, 0.1) is 0 Å². The van der Waals surface area contributed by atoms with Crippen LogP contribution >= 0.6 is 0 Å². The van der Waals surface area contributed by atoms with E-state index in [1.807, 2.05) is 41.1 Å². The van der Waals surface area contributed by atoms with Crippen molar-refractivity contribution < 1.29 is 4.52 Å². The number of anilines is 2. The Labute approximate surface area is 110 Å². The van der Waals surface area contributed by atoms with Gasteiger partial charge in [0.1, 0.15) is 6.54 Å². The van der Waals surface area contributed by atoms with Gasteiger partial charge in [0.2, 0.25) is 11.8 Å². The molecule has 0 unspecified atom stereocenters. The van der Waals surface area contributed by atoms with Gasteiger partial charge in [0.15, 0.2) is 5.82 Å². The zero-order valence-corrected chi connectivity index (χ0v) is 10.4. The Hall–Kier alpha value is -2.63. The molecule has 19 heavy (non-hydrogen) atoms. The first-order chi connectivity index (χ1) is 9.31. The van der Waals surface area contributed by atoms with Crippen molar-refractivity contribution in [3.8, 4) is 0 Å². The molecule has 3 rings (SSSR count). The molecule has 0 aliphatic carbocycles. The van der Waals surface area contributed by atoms with E-state index < -0.39 is 0 Å². The molecule has 0 bridgehead atoms. The molecular formula is C13H13N5O. The Morgan fingerprint density at radius 1 is 1.26 bits per heavy atom. The summed E-state index contributed by atoms with van der Waals surface area (Å²) in [7, 11) is 0. The summed E-state index contributed by atoms with van der Waals surface area (Å²) in [6.07, 6.45) is 3.60. The summed E-state index contributed by atoms with van der Waals surface area (Å²) < 4.78 is 7.02. The number of imidazole rings is 1. The van der Waals surface area contributed by atoms with E-state index in [2.05, 4.69) is 20.4 Å². The zero-order valence-electron chi connectivity index (χ0n) is 10.4. The number of rotatable bonds is 4. The van der Waals surface area contributed by atoms with Gasteiger partial charge in [-0.1, -0.05) is 23.4 Å². The van der Waals surface area contributed by atoms with Crippen LogP contribution in [0.1, 0.15) is 11.7 Å². The lowest BCUT2D eigenvalue weighted by molar-refractivity contribution is 0.368. The molecule has 6 heteroatoms. The van der Waals surface area contributed by atoms with Crippen LogP contribution < -0.4 is 5.32 Å². The smallest absolute Gasteiger partial charge is 0.246 e. The highest BCUT2D eigenvalue weighted by Gasteiger charge is 2.08. The predicted molar refractivity (Wildman–Crippen MR) is 70.1 cm³/mol. The molecular weight excluding hydrogens is 242 g/mol. The van der Waals surface area contributed by atoms with Gasteiger partial charge >= 0.3 is 0 Å². The van der Waals surface area contributed by atoms with Crippen LogP contribution in [0.15, 0.2) is 47.2 Å². The van der Waals surface area contributed by atoms with Crippen molar-refractivity contribution in [1.29, 1.82) is 0 Å². The topological polar surface area (TPSA) is 68.8 Å². The molecule has 0 aliphatic rings. The lowest BCUT2D eigenvalue weighted by Crippen LogP contribution is -2.04. The molecule has 0 spiro atoms. The quantitative estimate of drug-likeness (QED) is 0.775. The summed E-state index contributed by atoms with van der Waals surface area (Å²) in [5, 5.41) is 7.01. The van der Waals surface area contributed by atoms with Crippen LogP contribution in [0.3, 0.4) is 0 Å². The second kappa shape index (κ2) is 4.93. The highest BCUT2D eigenvalue weighted by molar-refractivity contribution is 5.53. The van der Waals surface area contributed by atoms with Crippen LogP contribution in [-0.2, 0) is 6.54 Å². The number of benzene rings is 1. The third-order valence-corrected chi connectivity index (χ3v) is 2.62. The van der Waals surface area contributed by atoms with Gasteiger partial charge in [0.25, 0.3) is 0 Å². The monoisotopic (exact) mass is 255 g/mol. The van der Waals surface area contributed by atoms with Crippen molar-refractivity contribution in [3.05, 3.63) is 54.4 Å². The number of aryl methyl sites for hydroxylation is 1. The van der Waals surface area contributed by atoms with E-state index in [1.165, 1.54) is 0 Å². The maximum absolute atomic E-state index is 5.11. The summed E-state index contributed by atoms with van der Waals surface area (Å²) in [4.78, 5) is 8.46. The number of hydrogen-bond acceptors (Lipinski definition) is 5. The minimum Gasteiger partial charge on any atom is -0.337 e. The summed E-state index contributed by atoms with van der Waals surface area (Å²) in [6.45, 7) is 2.29. The highest BCUT2D eigenvalue weighted by Crippen LogP contribution is 2.15. The molecule has 1 N–H and O–H groups in total. The minimum absolute atomic E-state index is 0.496. The van der Waals surface area contributed by atoms with Crippen molar-refractivity contribution in [3.63, 3.8) is 0 Å². The zero-order chi connectivity index (χ0) is 13.1. The van der Waals surface area contributed by atoms with Gasteiger partial charge in [-0.15, -0.1) is 0 Å². The maximum atomic E-state index is 5.11. The number of nitrogens with one attached hydrogen (secondary N) is 1. The average molecular weight is 255 g/mol. The van der Waals surface area contributed by atoms with Crippen LogP contribution in [0.5, 0.6) is 0 Å². The summed E-state index contributed by atoms with van der Waals surface area (Å²) in [6, 6.07) is 9.87. The van der Waals surface area contributed by atoms with Crippen LogP contribution in [-0.4, -0.2) is 19.7 Å². The molecule has 2 aromatic heterocycles. The second-order valence-corrected chi connectivity index (χ2v) is 4.11. The Bertz CT molecular complexity index is 658. The third-order valence-electron chi connectivity index (χ3n) is 2.62. The van der Waals surface area contributed by atoms with E-state index in [9.17, 15) is 0 Å². The third kappa shape index (κ3) is 2.62. The largest absolute Gasteiger partial charge is 0.337 e. The minimum atomic E-state index is 0.496. The normalized spacial score (nSPS) is 10.6. The lowest BCUT2D eigenvalue weighted by atomic mass is 10.3. The van der Waals surface area contributed by atoms with Crippen molar-refractivity contribution in [2.75, 3.05) is 5.32 Å². The number of aromatic nitrogens is 4. The second-order valence-electron chi connectivity index (χ2n) is 4.11. The van der Waals surface area contributed by atoms with Crippen LogP contribution in [0.4, 0.5) is 11.6 Å². The molecule has 0 saturated carbocycles. The first kappa shape index (κ1) is 11.5. The fraction of sp³-hybridized carbons (Fsp3) is 0.154. The van der Waals surface area contributed by atoms with E-state index in [0.29, 0.717) is 18.3 Å². The number of para-hydroxylation sites is 1. The lowest BCUT2D eigenvalue weighted by Gasteiger charge is -2.07. The molecule has 1 aromatic carbocycles. The predicted octanol–water partition coefficient (Wildman–Crippen LogP) is 2.37. The van der Waals surface area contributed by atoms with Gasteiger partial charge in [-0.3, -0.25) is 0 Å². The Kier molecular flexibility index (Phi) is 2.97. The Balaban J connectivity index is 1.79. The molecule has 0 amide bonds. The van der Waals surface area contributed by atoms with Gasteiger partial charge in [-0.2, -0.15) is 4.98 Å². The molecule has 0 atom stereocenters. The SMILES string of the molecule is Cc1noc(Cn2ccnc2Nc2ccccc2)n1. The van der Waals surface area contributed by atoms with Crippen molar-refractivity contribution in [2.45, 2.75) is 13.5 Å². The van der Waals surface area contributed by atoms with E-state index in [0.717, 1.165) is 11.6 Å². The van der Waals surface area contributed by atoms with Gasteiger partial charge < -0.3 is 14.4 Å². The Morgan fingerprint density at radius 3 is 2.84 bits per heavy atom. The molecule has 2 heterocycles. The molecule has 96 valence electrons. The molecule has 3 aromatic rings. The van der Waals surface area contributed by atoms with Gasteiger partial charge in [-0.25, -0.2) is 4.98 Å². The molecule has 6 nitrogen and oxygen atoms in total. The number of hydrogen-bond donors (Lipinski definition) is 1. The fourth-order valence-electron chi connectivity index (χ4n) is 1.76. The van der Waals surface area contributed by atoms with Gasteiger partial charge in [-0.05, 0) is 19.1 Å². The maximum Gasteiger partial charge on any atom is 0.246 e. The van der Waals surface area contributed by atoms with Crippen LogP contribution in [0, 0.1) is 6.92 Å². The van der Waals surface area contributed by atoms with Crippen LogP contribution in [0.25, 0.3) is 0 Å². The van der Waals surface area contributed by atoms with E-state index in [1.54, 1.807) is 13.1 Å². The van der Waals surface area contributed by atoms with Gasteiger partial charge in [0, 0.05) is 18.1 Å². The van der Waals surface area contributed by atoms with E-state index in [-0.39, 0.29) is 0 Å². The highest BCUT2D eigenvalue weighted by atomic mass is 16.5. The van der Waals surface area contributed by atoms with Crippen LogP contribution in [0.2, 0.25) is 0 Å². The van der Waals surface area contributed by atoms with E-state index >= 15 is 0 Å². The summed E-state index contributed by atoms with van der Waals surface area (Å²) >= 11 is 0. The summed E-state index contributed by atoms with van der Waals surface area (Å²) in [5.74, 6) is 1.93. The molecule has 0 fully saturated rings. The first-order valence-corrected chi connectivity index (χ1v) is 5.93. The van der Waals surface area contributed by atoms with Crippen molar-refractivity contribution >= 4 is 11.6 Å². The standard InChI is InChI=1S/C13H13N5O/c1-10-15-12(19-17-10)9-18-8-7-14-13(18)16-11-5-3-2-4-6-11/h2-8H,9H2,1H3,(H,14,16). The number of nitrogens with zero attached hydrogens (tertiary/aromatic N) is 4.